The number of piperidine rings is 2. The van der Waals surface area contributed by atoms with E-state index in [0.717, 1.165) is 38.9 Å². The van der Waals surface area contributed by atoms with Crippen molar-refractivity contribution in [3.8, 4) is 0 Å². The molecule has 2 saturated heterocycles. The molecule has 1 spiro atoms. The average Bonchev–Trinajstić information content (AvgIpc) is 2.62. The fraction of sp³-hybridized carbons (Fsp3) is 0.647. The summed E-state index contributed by atoms with van der Waals surface area (Å²) in [6.45, 7) is 4.50. The summed E-state index contributed by atoms with van der Waals surface area (Å²) in [7, 11) is 0. The van der Waals surface area contributed by atoms with Gasteiger partial charge in [-0.1, -0.05) is 0 Å². The van der Waals surface area contributed by atoms with E-state index in [1.54, 1.807) is 13.1 Å². The summed E-state index contributed by atoms with van der Waals surface area (Å²) >= 11 is 0. The highest BCUT2D eigenvalue weighted by Crippen LogP contribution is 2.45. The summed E-state index contributed by atoms with van der Waals surface area (Å²) in [4.78, 5) is 34.6. The molecule has 2 fully saturated rings. The van der Waals surface area contributed by atoms with Gasteiger partial charge in [0.05, 0.1) is 12.4 Å². The Kier molecular flexibility index (Phi) is 4.89. The zero-order valence-corrected chi connectivity index (χ0v) is 14.4. The van der Waals surface area contributed by atoms with E-state index in [0.29, 0.717) is 12.4 Å². The van der Waals surface area contributed by atoms with Gasteiger partial charge < -0.3 is 20.0 Å². The molecule has 0 saturated carbocycles. The van der Waals surface area contributed by atoms with Crippen molar-refractivity contribution in [3.05, 3.63) is 18.1 Å². The average molecular weight is 348 g/mol. The number of nitrogens with zero attached hydrogens (tertiary/aromatic N) is 4. The van der Waals surface area contributed by atoms with Crippen LogP contribution < -0.4 is 4.90 Å². The minimum Gasteiger partial charge on any atom is -0.476 e. The van der Waals surface area contributed by atoms with E-state index in [4.69, 9.17) is 5.11 Å². The molecule has 136 valence electrons. The van der Waals surface area contributed by atoms with Gasteiger partial charge in [0.15, 0.2) is 5.69 Å². The number of carboxylic acids is 1. The third kappa shape index (κ3) is 3.44. The van der Waals surface area contributed by atoms with Crippen LogP contribution in [0.4, 0.5) is 5.82 Å². The van der Waals surface area contributed by atoms with E-state index in [1.807, 2.05) is 9.80 Å². The number of aliphatic hydroxyl groups is 1. The van der Waals surface area contributed by atoms with Gasteiger partial charge in [0.2, 0.25) is 5.91 Å². The van der Waals surface area contributed by atoms with E-state index in [-0.39, 0.29) is 29.5 Å². The summed E-state index contributed by atoms with van der Waals surface area (Å²) in [5.74, 6) is -0.383. The fourth-order valence-corrected chi connectivity index (χ4v) is 4.11. The van der Waals surface area contributed by atoms with Gasteiger partial charge in [0, 0.05) is 45.6 Å². The first-order valence-electron chi connectivity index (χ1n) is 8.62. The molecule has 0 radical (unpaired) electrons. The van der Waals surface area contributed by atoms with E-state index in [1.165, 1.54) is 6.20 Å². The van der Waals surface area contributed by atoms with Gasteiger partial charge in [-0.25, -0.2) is 9.78 Å². The molecular formula is C17H24N4O4. The first-order valence-corrected chi connectivity index (χ1v) is 8.62. The molecule has 0 bridgehead atoms. The van der Waals surface area contributed by atoms with Crippen molar-refractivity contribution in [2.24, 2.45) is 11.3 Å². The minimum absolute atomic E-state index is 0.0367. The Morgan fingerprint density at radius 3 is 2.52 bits per heavy atom. The monoisotopic (exact) mass is 348 g/mol. The third-order valence-electron chi connectivity index (χ3n) is 5.78. The van der Waals surface area contributed by atoms with E-state index >= 15 is 0 Å². The van der Waals surface area contributed by atoms with Gasteiger partial charge in [-0.05, 0) is 24.7 Å². The van der Waals surface area contributed by atoms with Crippen LogP contribution >= 0.6 is 0 Å². The zero-order valence-electron chi connectivity index (χ0n) is 14.4. The second kappa shape index (κ2) is 6.95. The molecule has 1 amide bonds. The second-order valence-corrected chi connectivity index (χ2v) is 7.01. The number of hydrogen-bond donors (Lipinski definition) is 2. The van der Waals surface area contributed by atoms with Crippen molar-refractivity contribution in [2.75, 3.05) is 37.7 Å². The fourth-order valence-electron chi connectivity index (χ4n) is 4.11. The van der Waals surface area contributed by atoms with Crippen LogP contribution in [0.2, 0.25) is 0 Å². The molecule has 0 unspecified atom stereocenters. The molecule has 2 N–H and O–H groups in total. The number of anilines is 1. The Balaban J connectivity index is 1.73. The maximum atomic E-state index is 11.6. The van der Waals surface area contributed by atoms with Gasteiger partial charge in [-0.2, -0.15) is 0 Å². The first kappa shape index (κ1) is 17.6. The highest BCUT2D eigenvalue weighted by molar-refractivity contribution is 5.85. The predicted octanol–water partition coefficient (Wildman–Crippen LogP) is 0.622. The lowest BCUT2D eigenvalue weighted by molar-refractivity contribution is -0.132. The molecule has 3 rings (SSSR count). The zero-order chi connectivity index (χ0) is 18.0. The van der Waals surface area contributed by atoms with Crippen molar-refractivity contribution in [1.82, 2.24) is 14.9 Å². The smallest absolute Gasteiger partial charge is 0.356 e. The van der Waals surface area contributed by atoms with Gasteiger partial charge in [-0.15, -0.1) is 0 Å². The Bertz CT molecular complexity index is 658. The van der Waals surface area contributed by atoms with Gasteiger partial charge >= 0.3 is 5.97 Å². The quantitative estimate of drug-likeness (QED) is 0.824. The lowest BCUT2D eigenvalue weighted by Gasteiger charge is -2.51. The summed E-state index contributed by atoms with van der Waals surface area (Å²) in [5.41, 5.74) is -0.0391. The van der Waals surface area contributed by atoms with Crippen LogP contribution in [0.15, 0.2) is 12.4 Å². The lowest BCUT2D eigenvalue weighted by Crippen LogP contribution is -2.54. The van der Waals surface area contributed by atoms with Crippen LogP contribution in [-0.2, 0) is 4.79 Å². The van der Waals surface area contributed by atoms with Gasteiger partial charge in [0.1, 0.15) is 5.82 Å². The summed E-state index contributed by atoms with van der Waals surface area (Å²) < 4.78 is 0. The van der Waals surface area contributed by atoms with Crippen molar-refractivity contribution in [1.29, 1.82) is 0 Å². The maximum Gasteiger partial charge on any atom is 0.356 e. The first-order chi connectivity index (χ1) is 11.9. The van der Waals surface area contributed by atoms with Crippen molar-refractivity contribution >= 4 is 17.7 Å². The van der Waals surface area contributed by atoms with Gasteiger partial charge in [0.25, 0.3) is 0 Å². The van der Waals surface area contributed by atoms with E-state index in [9.17, 15) is 14.7 Å². The Labute approximate surface area is 146 Å². The second-order valence-electron chi connectivity index (χ2n) is 7.01. The van der Waals surface area contributed by atoms with Crippen LogP contribution in [0.5, 0.6) is 0 Å². The molecule has 1 atom stereocenters. The number of carboxylic acid groups (broad SMARTS) is 1. The molecule has 0 aromatic carbocycles. The Morgan fingerprint density at radius 1 is 1.24 bits per heavy atom. The van der Waals surface area contributed by atoms with Crippen LogP contribution in [0.25, 0.3) is 0 Å². The molecular weight excluding hydrogens is 324 g/mol. The Morgan fingerprint density at radius 2 is 1.92 bits per heavy atom. The number of likely N-dealkylation sites (tertiary alicyclic amines) is 1. The molecule has 25 heavy (non-hydrogen) atoms. The molecule has 8 nitrogen and oxygen atoms in total. The standard InChI is InChI=1S/C17H24N4O4/c1-12(23)20-5-2-17(3-6-20)4-7-21(10-13(17)11-22)15-9-18-8-14(19-15)16(24)25/h8-9,13,22H,2-7,10-11H2,1H3,(H,24,25)/t13-/m0/s1. The summed E-state index contributed by atoms with van der Waals surface area (Å²) in [5, 5.41) is 19.0. The van der Waals surface area contributed by atoms with Crippen LogP contribution in [0, 0.1) is 11.3 Å². The lowest BCUT2D eigenvalue weighted by atomic mass is 9.64. The normalized spacial score (nSPS) is 22.9. The number of carbonyl (C=O) groups is 2. The van der Waals surface area contributed by atoms with E-state index in [2.05, 4.69) is 9.97 Å². The Hall–Kier alpha value is -2.22. The van der Waals surface area contributed by atoms with E-state index < -0.39 is 5.97 Å². The number of amides is 1. The van der Waals surface area contributed by atoms with Crippen molar-refractivity contribution < 1.29 is 19.8 Å². The van der Waals surface area contributed by atoms with Crippen LogP contribution in [0.1, 0.15) is 36.7 Å². The molecule has 2 aliphatic heterocycles. The molecule has 3 heterocycles. The SMILES string of the molecule is CC(=O)N1CCC2(CC1)CCN(c1cncc(C(=O)O)n1)C[C@H]2CO. The number of aliphatic hydroxyl groups excluding tert-OH is 1. The number of aromatic nitrogens is 2. The molecule has 0 aliphatic carbocycles. The van der Waals surface area contributed by atoms with Gasteiger partial charge in [-0.3, -0.25) is 9.78 Å². The van der Waals surface area contributed by atoms with Crippen molar-refractivity contribution in [3.63, 3.8) is 0 Å². The molecule has 1 aromatic heterocycles. The molecule has 2 aliphatic rings. The number of aromatic carboxylic acids is 1. The topological polar surface area (TPSA) is 107 Å². The van der Waals surface area contributed by atoms with Crippen molar-refractivity contribution in [2.45, 2.75) is 26.2 Å². The summed E-state index contributed by atoms with van der Waals surface area (Å²) in [6.07, 6.45) is 5.48. The molecule has 8 heteroatoms. The molecule has 1 aromatic rings. The number of carbonyl (C=O) groups excluding carboxylic acids is 1. The highest BCUT2D eigenvalue weighted by Gasteiger charge is 2.45. The summed E-state index contributed by atoms with van der Waals surface area (Å²) in [6, 6.07) is 0. The predicted molar refractivity (Wildman–Crippen MR) is 90.3 cm³/mol. The third-order valence-corrected chi connectivity index (χ3v) is 5.78. The largest absolute Gasteiger partial charge is 0.476 e. The van der Waals surface area contributed by atoms with Crippen LogP contribution in [-0.4, -0.2) is 69.7 Å². The maximum absolute atomic E-state index is 11.6. The minimum atomic E-state index is -1.10. The van der Waals surface area contributed by atoms with Crippen LogP contribution in [0.3, 0.4) is 0 Å². The number of hydrogen-bond acceptors (Lipinski definition) is 6. The number of rotatable bonds is 3. The highest BCUT2D eigenvalue weighted by atomic mass is 16.4.